The van der Waals surface area contributed by atoms with Crippen LogP contribution in [0.5, 0.6) is 11.5 Å². The van der Waals surface area contributed by atoms with E-state index in [-0.39, 0.29) is 0 Å². The Morgan fingerprint density at radius 1 is 1.22 bits per heavy atom. The number of imide groups is 1. The summed E-state index contributed by atoms with van der Waals surface area (Å²) in [6.45, 7) is 3.12. The van der Waals surface area contributed by atoms with Gasteiger partial charge in [-0.2, -0.15) is 0 Å². The molecule has 3 amide bonds. The molecule has 0 aliphatic carbocycles. The highest BCUT2D eigenvalue weighted by molar-refractivity contribution is 6.08. The number of carbonyl (C=O) groups excluding carboxylic acids is 4. The number of fused-ring (bicyclic) bond motifs is 1. The zero-order chi connectivity index (χ0) is 19.6. The average Bonchev–Trinajstić information content (AvgIpc) is 2.89. The van der Waals surface area contributed by atoms with E-state index >= 15 is 0 Å². The third kappa shape index (κ3) is 3.71. The smallest absolute Gasteiger partial charge is 0.326 e. The van der Waals surface area contributed by atoms with Crippen LogP contribution in [0.25, 0.3) is 0 Å². The normalized spacial score (nSPS) is 21.0. The monoisotopic (exact) mass is 376 g/mol. The zero-order valence-electron chi connectivity index (χ0n) is 15.1. The van der Waals surface area contributed by atoms with Gasteiger partial charge in [-0.25, -0.2) is 4.79 Å². The summed E-state index contributed by atoms with van der Waals surface area (Å²) in [5.74, 6) is -0.769. The van der Waals surface area contributed by atoms with Crippen LogP contribution in [-0.4, -0.2) is 60.5 Å². The van der Waals surface area contributed by atoms with Crippen LogP contribution in [0, 0.1) is 0 Å². The largest absolute Gasteiger partial charge is 0.486 e. The van der Waals surface area contributed by atoms with Crippen molar-refractivity contribution in [3.63, 3.8) is 0 Å². The van der Waals surface area contributed by atoms with E-state index in [0.29, 0.717) is 36.7 Å². The summed E-state index contributed by atoms with van der Waals surface area (Å²) in [6, 6.07) is 4.03. The molecule has 0 radical (unpaired) electrons. The van der Waals surface area contributed by atoms with Crippen LogP contribution in [0.4, 0.5) is 4.79 Å². The molecule has 0 bridgehead atoms. The van der Waals surface area contributed by atoms with Crippen LogP contribution in [0.15, 0.2) is 18.2 Å². The molecule has 1 aromatic rings. The second kappa shape index (κ2) is 7.26. The molecule has 1 N–H and O–H groups in total. The predicted octanol–water partition coefficient (Wildman–Crippen LogP) is 0.904. The maximum Gasteiger partial charge on any atom is 0.326 e. The molecule has 2 heterocycles. The van der Waals surface area contributed by atoms with Crippen molar-refractivity contribution >= 4 is 23.7 Å². The second-order valence-corrected chi connectivity index (χ2v) is 6.45. The van der Waals surface area contributed by atoms with Gasteiger partial charge in [0.1, 0.15) is 25.3 Å². The molecule has 2 aliphatic rings. The third-order valence-corrected chi connectivity index (χ3v) is 4.57. The number of amides is 3. The Balaban J connectivity index is 1.56. The Labute approximate surface area is 155 Å². The van der Waals surface area contributed by atoms with Gasteiger partial charge < -0.3 is 19.5 Å². The van der Waals surface area contributed by atoms with Crippen molar-refractivity contribution in [1.29, 1.82) is 0 Å². The Kier molecular flexibility index (Phi) is 5.02. The fourth-order valence-electron chi connectivity index (χ4n) is 2.75. The van der Waals surface area contributed by atoms with Gasteiger partial charge in [0.25, 0.3) is 5.91 Å². The number of hydrogen-bond acceptors (Lipinski definition) is 7. The van der Waals surface area contributed by atoms with Crippen molar-refractivity contribution in [2.24, 2.45) is 0 Å². The van der Waals surface area contributed by atoms with E-state index in [1.807, 2.05) is 0 Å². The standard InChI is InChI=1S/C18H20N2O7/c1-3-18(2)16(23)20(17(24)19-18)9-15(22)27-10-12(21)11-4-5-13-14(8-11)26-7-6-25-13/h4-5,8H,3,6-7,9-10H2,1-2H3,(H,19,24)/t18-/m1/s1. The summed E-state index contributed by atoms with van der Waals surface area (Å²) >= 11 is 0. The van der Waals surface area contributed by atoms with Crippen LogP contribution in [0.3, 0.4) is 0 Å². The first-order valence-corrected chi connectivity index (χ1v) is 8.56. The Morgan fingerprint density at radius 2 is 1.93 bits per heavy atom. The van der Waals surface area contributed by atoms with E-state index in [9.17, 15) is 19.2 Å². The van der Waals surface area contributed by atoms with Crippen molar-refractivity contribution in [3.8, 4) is 11.5 Å². The van der Waals surface area contributed by atoms with Crippen molar-refractivity contribution < 1.29 is 33.4 Å². The molecule has 1 aromatic carbocycles. The maximum atomic E-state index is 12.2. The van der Waals surface area contributed by atoms with E-state index in [4.69, 9.17) is 14.2 Å². The molecule has 9 heteroatoms. The number of carbonyl (C=O) groups is 4. The van der Waals surface area contributed by atoms with Crippen molar-refractivity contribution in [1.82, 2.24) is 10.2 Å². The number of ether oxygens (including phenoxy) is 3. The minimum Gasteiger partial charge on any atom is -0.486 e. The molecular formula is C18H20N2O7. The highest BCUT2D eigenvalue weighted by Crippen LogP contribution is 2.30. The molecule has 1 saturated heterocycles. The fourth-order valence-corrected chi connectivity index (χ4v) is 2.75. The molecule has 9 nitrogen and oxygen atoms in total. The molecule has 1 atom stereocenters. The van der Waals surface area contributed by atoms with Crippen LogP contribution in [0.1, 0.15) is 30.6 Å². The van der Waals surface area contributed by atoms with Crippen molar-refractivity contribution in [2.75, 3.05) is 26.4 Å². The van der Waals surface area contributed by atoms with Gasteiger partial charge in [0.2, 0.25) is 0 Å². The van der Waals surface area contributed by atoms with E-state index in [2.05, 4.69) is 5.32 Å². The number of hydrogen-bond donors (Lipinski definition) is 1. The lowest BCUT2D eigenvalue weighted by molar-refractivity contribution is -0.146. The molecule has 2 aliphatic heterocycles. The molecule has 144 valence electrons. The van der Waals surface area contributed by atoms with Gasteiger partial charge in [0.05, 0.1) is 0 Å². The van der Waals surface area contributed by atoms with E-state index in [1.54, 1.807) is 26.0 Å². The van der Waals surface area contributed by atoms with Gasteiger partial charge in [0, 0.05) is 5.56 Å². The number of ketones is 1. The molecule has 0 saturated carbocycles. The molecule has 3 rings (SSSR count). The molecular weight excluding hydrogens is 356 g/mol. The Bertz CT molecular complexity index is 807. The SMILES string of the molecule is CC[C@@]1(C)NC(=O)N(CC(=O)OCC(=O)c2ccc3c(c2)OCCO3)C1=O. The Hall–Kier alpha value is -3.10. The highest BCUT2D eigenvalue weighted by atomic mass is 16.6. The van der Waals surface area contributed by atoms with Crippen LogP contribution < -0.4 is 14.8 Å². The predicted molar refractivity (Wildman–Crippen MR) is 91.7 cm³/mol. The Morgan fingerprint density at radius 3 is 2.59 bits per heavy atom. The molecule has 1 fully saturated rings. The van der Waals surface area contributed by atoms with Gasteiger partial charge in [-0.1, -0.05) is 6.92 Å². The number of esters is 1. The molecule has 27 heavy (non-hydrogen) atoms. The number of benzene rings is 1. The topological polar surface area (TPSA) is 111 Å². The first-order valence-electron chi connectivity index (χ1n) is 8.56. The zero-order valence-corrected chi connectivity index (χ0v) is 15.1. The summed E-state index contributed by atoms with van der Waals surface area (Å²) in [4.78, 5) is 49.1. The first-order chi connectivity index (χ1) is 12.8. The summed E-state index contributed by atoms with van der Waals surface area (Å²) in [5, 5.41) is 2.54. The van der Waals surface area contributed by atoms with Gasteiger partial charge in [0.15, 0.2) is 23.9 Å². The van der Waals surface area contributed by atoms with Gasteiger partial charge in [-0.3, -0.25) is 19.3 Å². The highest BCUT2D eigenvalue weighted by Gasteiger charge is 2.47. The minimum atomic E-state index is -1.03. The number of nitrogens with zero attached hydrogens (tertiary/aromatic N) is 1. The lowest BCUT2D eigenvalue weighted by atomic mass is 9.99. The molecule has 0 unspecified atom stereocenters. The van der Waals surface area contributed by atoms with Crippen LogP contribution in [-0.2, 0) is 14.3 Å². The summed E-state index contributed by atoms with van der Waals surface area (Å²) in [6.07, 6.45) is 0.395. The van der Waals surface area contributed by atoms with Gasteiger partial charge >= 0.3 is 12.0 Å². The van der Waals surface area contributed by atoms with Gasteiger partial charge in [-0.05, 0) is 31.5 Å². The number of Topliss-reactive ketones (excluding diaryl/α,β-unsaturated/α-hetero) is 1. The lowest BCUT2D eigenvalue weighted by Crippen LogP contribution is -2.43. The summed E-state index contributed by atoms with van der Waals surface area (Å²) < 4.78 is 15.7. The lowest BCUT2D eigenvalue weighted by Gasteiger charge is -2.19. The van der Waals surface area contributed by atoms with E-state index in [1.165, 1.54) is 6.07 Å². The van der Waals surface area contributed by atoms with E-state index < -0.39 is 42.4 Å². The maximum absolute atomic E-state index is 12.2. The molecule has 0 aromatic heterocycles. The number of rotatable bonds is 6. The van der Waals surface area contributed by atoms with Crippen molar-refractivity contribution in [2.45, 2.75) is 25.8 Å². The first kappa shape index (κ1) is 18.7. The summed E-state index contributed by atoms with van der Waals surface area (Å²) in [7, 11) is 0. The van der Waals surface area contributed by atoms with Crippen molar-refractivity contribution in [3.05, 3.63) is 23.8 Å². The number of nitrogens with one attached hydrogen (secondary N) is 1. The quantitative estimate of drug-likeness (QED) is 0.446. The van der Waals surface area contributed by atoms with Gasteiger partial charge in [-0.15, -0.1) is 0 Å². The van der Waals surface area contributed by atoms with Crippen LogP contribution in [0.2, 0.25) is 0 Å². The fraction of sp³-hybridized carbons (Fsp3) is 0.444. The van der Waals surface area contributed by atoms with E-state index in [0.717, 1.165) is 4.90 Å². The number of urea groups is 1. The second-order valence-electron chi connectivity index (χ2n) is 6.45. The third-order valence-electron chi connectivity index (χ3n) is 4.57. The summed E-state index contributed by atoms with van der Waals surface area (Å²) in [5.41, 5.74) is -0.723. The minimum absolute atomic E-state index is 0.306. The average molecular weight is 376 g/mol. The van der Waals surface area contributed by atoms with Crippen LogP contribution >= 0.6 is 0 Å². The molecule has 0 spiro atoms.